The lowest BCUT2D eigenvalue weighted by molar-refractivity contribution is -0.118. The second-order valence-corrected chi connectivity index (χ2v) is 8.96. The smallest absolute Gasteiger partial charge is 0.236 e. The van der Waals surface area contributed by atoms with Crippen LogP contribution < -0.4 is 14.8 Å². The molecule has 35 heavy (non-hydrogen) atoms. The first-order chi connectivity index (χ1) is 17.1. The normalized spacial score (nSPS) is 20.3. The van der Waals surface area contributed by atoms with Crippen molar-refractivity contribution < 1.29 is 28.8 Å². The number of aromatic nitrogens is 1. The van der Waals surface area contributed by atoms with Crippen molar-refractivity contribution in [3.8, 4) is 11.5 Å². The minimum Gasteiger partial charge on any atom is -0.454 e. The molecule has 8 nitrogen and oxygen atoms in total. The van der Waals surface area contributed by atoms with Crippen molar-refractivity contribution in [2.45, 2.75) is 43.3 Å². The molecule has 0 bridgehead atoms. The molecule has 2 atom stereocenters. The zero-order chi connectivity index (χ0) is 24.3. The standard InChI is InChI=1S/C27H30N2O6/c1-32-21-6-3-2-5-20(21)25(33-14-4-13-30)18-7-10-24(28-16-18)29-26(31)27(11-12-27)19-8-9-22-23(15-19)35-17-34-22/h2-3,5,7-10,15-16,21,25,30H,4,6,11-14,17H2,1H3,(H,28,29,31). The first kappa shape index (κ1) is 23.5. The Hall–Kier alpha value is -3.20. The van der Waals surface area contributed by atoms with Crippen LogP contribution in [0.15, 0.2) is 60.3 Å². The molecule has 0 saturated heterocycles. The Kier molecular flexibility index (Phi) is 6.86. The number of aliphatic hydroxyl groups is 1. The highest BCUT2D eigenvalue weighted by Gasteiger charge is 2.51. The maximum atomic E-state index is 13.2. The average Bonchev–Trinajstić information content (AvgIpc) is 3.58. The van der Waals surface area contributed by atoms with Gasteiger partial charge in [0, 0.05) is 25.5 Å². The van der Waals surface area contributed by atoms with E-state index in [1.54, 1.807) is 19.4 Å². The molecule has 5 rings (SSSR count). The van der Waals surface area contributed by atoms with Crippen molar-refractivity contribution in [2.24, 2.45) is 0 Å². The molecular formula is C27H30N2O6. The molecule has 1 saturated carbocycles. The van der Waals surface area contributed by atoms with Gasteiger partial charge in [-0.05, 0) is 55.0 Å². The Labute approximate surface area is 204 Å². The van der Waals surface area contributed by atoms with E-state index in [1.807, 2.05) is 36.4 Å². The van der Waals surface area contributed by atoms with E-state index in [4.69, 9.17) is 18.9 Å². The summed E-state index contributed by atoms with van der Waals surface area (Å²) in [6.07, 6.45) is 10.2. The molecule has 2 N–H and O–H groups in total. The van der Waals surface area contributed by atoms with E-state index >= 15 is 0 Å². The zero-order valence-corrected chi connectivity index (χ0v) is 19.7. The highest BCUT2D eigenvalue weighted by Crippen LogP contribution is 2.51. The molecule has 2 aromatic rings. The number of hydrogen-bond donors (Lipinski definition) is 2. The summed E-state index contributed by atoms with van der Waals surface area (Å²) in [5.41, 5.74) is 2.23. The number of allylic oxidation sites excluding steroid dienone is 2. The van der Waals surface area contributed by atoms with Gasteiger partial charge in [-0.1, -0.05) is 30.4 Å². The van der Waals surface area contributed by atoms with Crippen LogP contribution in [0, 0.1) is 0 Å². The Morgan fingerprint density at radius 2 is 2.11 bits per heavy atom. The number of amides is 1. The van der Waals surface area contributed by atoms with Crippen LogP contribution in [0.25, 0.3) is 0 Å². The lowest BCUT2D eigenvalue weighted by Gasteiger charge is -2.28. The van der Waals surface area contributed by atoms with Crippen molar-refractivity contribution in [1.29, 1.82) is 0 Å². The number of rotatable bonds is 10. The molecule has 2 unspecified atom stereocenters. The summed E-state index contributed by atoms with van der Waals surface area (Å²) in [5, 5.41) is 12.2. The number of pyridine rings is 1. The van der Waals surface area contributed by atoms with Crippen LogP contribution in [-0.2, 0) is 19.7 Å². The number of hydrogen-bond acceptors (Lipinski definition) is 7. The monoisotopic (exact) mass is 478 g/mol. The number of nitrogens with one attached hydrogen (secondary N) is 1. The Bertz CT molecular complexity index is 1120. The van der Waals surface area contributed by atoms with Gasteiger partial charge in [-0.15, -0.1) is 0 Å². The summed E-state index contributed by atoms with van der Waals surface area (Å²) < 4.78 is 22.7. The van der Waals surface area contributed by atoms with E-state index in [9.17, 15) is 9.90 Å². The summed E-state index contributed by atoms with van der Waals surface area (Å²) in [6, 6.07) is 9.41. The molecule has 2 aliphatic carbocycles. The van der Waals surface area contributed by atoms with Gasteiger partial charge >= 0.3 is 0 Å². The van der Waals surface area contributed by atoms with E-state index in [0.717, 1.165) is 36.0 Å². The minimum atomic E-state index is -0.567. The Morgan fingerprint density at radius 1 is 1.26 bits per heavy atom. The molecule has 3 aliphatic rings. The molecular weight excluding hydrogens is 448 g/mol. The molecule has 1 fully saturated rings. The number of nitrogens with zero attached hydrogens (tertiary/aromatic N) is 1. The molecule has 1 amide bonds. The highest BCUT2D eigenvalue weighted by atomic mass is 16.7. The van der Waals surface area contributed by atoms with Crippen LogP contribution in [-0.4, -0.2) is 49.2 Å². The minimum absolute atomic E-state index is 0.0632. The van der Waals surface area contributed by atoms with E-state index < -0.39 is 5.41 Å². The number of methoxy groups -OCH3 is 1. The first-order valence-corrected chi connectivity index (χ1v) is 11.9. The van der Waals surface area contributed by atoms with Crippen molar-refractivity contribution in [3.05, 3.63) is 71.5 Å². The van der Waals surface area contributed by atoms with Crippen molar-refractivity contribution in [3.63, 3.8) is 0 Å². The third-order valence-electron chi connectivity index (χ3n) is 6.76. The quantitative estimate of drug-likeness (QED) is 0.501. The number of aliphatic hydroxyl groups excluding tert-OH is 1. The number of carbonyl (C=O) groups is 1. The number of carbonyl (C=O) groups excluding carboxylic acids is 1. The summed E-state index contributed by atoms with van der Waals surface area (Å²) in [4.78, 5) is 17.7. The predicted octanol–water partition coefficient (Wildman–Crippen LogP) is 3.82. The fourth-order valence-corrected chi connectivity index (χ4v) is 4.60. The van der Waals surface area contributed by atoms with Crippen molar-refractivity contribution in [2.75, 3.05) is 32.4 Å². The highest BCUT2D eigenvalue weighted by molar-refractivity contribution is 6.01. The van der Waals surface area contributed by atoms with Gasteiger partial charge in [-0.3, -0.25) is 4.79 Å². The van der Waals surface area contributed by atoms with E-state index in [1.165, 1.54) is 0 Å². The van der Waals surface area contributed by atoms with E-state index in [-0.39, 0.29) is 31.5 Å². The fraction of sp³-hybridized carbons (Fsp3) is 0.407. The Balaban J connectivity index is 1.31. The van der Waals surface area contributed by atoms with Gasteiger partial charge < -0.3 is 29.4 Å². The molecule has 0 radical (unpaired) electrons. The van der Waals surface area contributed by atoms with Gasteiger partial charge in [0.2, 0.25) is 12.7 Å². The maximum absolute atomic E-state index is 13.2. The number of ether oxygens (including phenoxy) is 4. The summed E-state index contributed by atoms with van der Waals surface area (Å²) in [5.74, 6) is 1.79. The molecule has 1 aromatic carbocycles. The van der Waals surface area contributed by atoms with Gasteiger partial charge in [0.25, 0.3) is 0 Å². The molecule has 1 aromatic heterocycles. The number of fused-ring (bicyclic) bond motifs is 1. The van der Waals surface area contributed by atoms with Crippen LogP contribution >= 0.6 is 0 Å². The van der Waals surface area contributed by atoms with Crippen LogP contribution in [0.1, 0.15) is 42.9 Å². The topological polar surface area (TPSA) is 99.1 Å². The van der Waals surface area contributed by atoms with Gasteiger partial charge in [0.1, 0.15) is 11.9 Å². The molecule has 0 spiro atoms. The van der Waals surface area contributed by atoms with Crippen LogP contribution in [0.4, 0.5) is 5.82 Å². The third kappa shape index (κ3) is 4.82. The third-order valence-corrected chi connectivity index (χ3v) is 6.76. The van der Waals surface area contributed by atoms with Gasteiger partial charge in [0.05, 0.1) is 18.1 Å². The van der Waals surface area contributed by atoms with Crippen LogP contribution in [0.2, 0.25) is 0 Å². The second kappa shape index (κ2) is 10.2. The predicted molar refractivity (Wildman–Crippen MR) is 129 cm³/mol. The maximum Gasteiger partial charge on any atom is 0.236 e. The van der Waals surface area contributed by atoms with E-state index in [0.29, 0.717) is 30.3 Å². The van der Waals surface area contributed by atoms with E-state index in [2.05, 4.69) is 16.4 Å². The average molecular weight is 479 g/mol. The SMILES string of the molecule is COC1CC=CC=C1C(OCCCO)c1ccc(NC(=O)C2(c3ccc4c(c3)OCO4)CC2)nc1. The van der Waals surface area contributed by atoms with Gasteiger partial charge in [-0.2, -0.15) is 0 Å². The first-order valence-electron chi connectivity index (χ1n) is 11.9. The largest absolute Gasteiger partial charge is 0.454 e. The molecule has 8 heteroatoms. The fourth-order valence-electron chi connectivity index (χ4n) is 4.60. The second-order valence-electron chi connectivity index (χ2n) is 8.96. The molecule has 1 aliphatic heterocycles. The van der Waals surface area contributed by atoms with Crippen molar-refractivity contribution in [1.82, 2.24) is 4.98 Å². The zero-order valence-electron chi connectivity index (χ0n) is 19.7. The van der Waals surface area contributed by atoms with Crippen LogP contribution in [0.5, 0.6) is 11.5 Å². The van der Waals surface area contributed by atoms with Gasteiger partial charge in [0.15, 0.2) is 11.5 Å². The Morgan fingerprint density at radius 3 is 2.86 bits per heavy atom. The van der Waals surface area contributed by atoms with Crippen LogP contribution in [0.3, 0.4) is 0 Å². The number of anilines is 1. The lowest BCUT2D eigenvalue weighted by Crippen LogP contribution is -2.28. The summed E-state index contributed by atoms with van der Waals surface area (Å²) in [6.45, 7) is 0.681. The summed E-state index contributed by atoms with van der Waals surface area (Å²) >= 11 is 0. The number of benzene rings is 1. The molecule has 2 heterocycles. The van der Waals surface area contributed by atoms with Crippen molar-refractivity contribution >= 4 is 11.7 Å². The van der Waals surface area contributed by atoms with Gasteiger partial charge in [-0.25, -0.2) is 4.98 Å². The lowest BCUT2D eigenvalue weighted by atomic mass is 9.92. The summed E-state index contributed by atoms with van der Waals surface area (Å²) in [7, 11) is 1.69. The molecule has 184 valence electrons.